The van der Waals surface area contributed by atoms with Crippen LogP contribution in [-0.4, -0.2) is 84.4 Å². The molecule has 1 atom stereocenters. The lowest BCUT2D eigenvalue weighted by molar-refractivity contribution is -0.109. The van der Waals surface area contributed by atoms with E-state index in [0.717, 1.165) is 44.7 Å². The highest BCUT2D eigenvalue weighted by Gasteiger charge is 2.43. The molecule has 0 saturated carbocycles. The minimum absolute atomic E-state index is 0.124. The normalized spacial score (nSPS) is 21.2. The highest BCUT2D eigenvalue weighted by molar-refractivity contribution is 5.67. The number of rotatable bonds is 8. The van der Waals surface area contributed by atoms with Crippen LogP contribution < -0.4 is 20.1 Å². The molecule has 0 bridgehead atoms. The summed E-state index contributed by atoms with van der Waals surface area (Å²) in [4.78, 5) is 15.9. The Labute approximate surface area is 243 Å². The number of aromatic nitrogens is 3. The van der Waals surface area contributed by atoms with E-state index in [-0.39, 0.29) is 17.7 Å². The Kier molecular flexibility index (Phi) is 8.15. The van der Waals surface area contributed by atoms with Crippen LogP contribution in [0.25, 0.3) is 11.3 Å². The molecule has 0 aliphatic carbocycles. The smallest absolute Gasteiger partial charge is 0.296 e. The van der Waals surface area contributed by atoms with Gasteiger partial charge in [-0.1, -0.05) is 0 Å². The first-order valence-electron chi connectivity index (χ1n) is 14.2. The quantitative estimate of drug-likeness (QED) is 0.405. The zero-order chi connectivity index (χ0) is 29.1. The molecule has 12 heteroatoms. The zero-order valence-corrected chi connectivity index (χ0v) is 23.4. The molecule has 1 aromatic carbocycles. The molecule has 6 rings (SSSR count). The van der Waals surface area contributed by atoms with Gasteiger partial charge in [-0.2, -0.15) is 10.2 Å². The fourth-order valence-electron chi connectivity index (χ4n) is 5.71. The zero-order valence-electron chi connectivity index (χ0n) is 23.4. The SMILES string of the molecule is COc1nc(Nc2cc(-c3ccc(OC4CCNCC4(F)F)c(C#N)c3)ncn2)ccc1C1CCN(C2COC2)CC1. The van der Waals surface area contributed by atoms with E-state index in [1.165, 1.54) is 12.4 Å². The van der Waals surface area contributed by atoms with Crippen LogP contribution in [0.5, 0.6) is 11.6 Å². The van der Waals surface area contributed by atoms with E-state index in [1.807, 2.05) is 6.07 Å². The summed E-state index contributed by atoms with van der Waals surface area (Å²) < 4.78 is 45.1. The number of alkyl halides is 2. The van der Waals surface area contributed by atoms with Crippen molar-refractivity contribution in [2.45, 2.75) is 43.2 Å². The Bertz CT molecular complexity index is 1460. The van der Waals surface area contributed by atoms with E-state index in [1.54, 1.807) is 25.3 Å². The van der Waals surface area contributed by atoms with E-state index in [0.29, 0.717) is 47.3 Å². The van der Waals surface area contributed by atoms with Crippen LogP contribution >= 0.6 is 0 Å². The molecule has 3 aromatic rings. The van der Waals surface area contributed by atoms with Crippen molar-refractivity contribution in [2.75, 3.05) is 51.8 Å². The summed E-state index contributed by atoms with van der Waals surface area (Å²) in [5, 5.41) is 15.6. The van der Waals surface area contributed by atoms with E-state index in [2.05, 4.69) is 37.6 Å². The second-order valence-electron chi connectivity index (χ2n) is 10.9. The molecule has 220 valence electrons. The number of hydrogen-bond acceptors (Lipinski definition) is 10. The van der Waals surface area contributed by atoms with Crippen molar-refractivity contribution in [3.8, 4) is 29.0 Å². The molecule has 2 aromatic heterocycles. The summed E-state index contributed by atoms with van der Waals surface area (Å²) in [5.41, 5.74) is 2.44. The second-order valence-corrected chi connectivity index (χ2v) is 10.9. The predicted octanol–water partition coefficient (Wildman–Crippen LogP) is 4.12. The van der Waals surface area contributed by atoms with E-state index >= 15 is 0 Å². The average Bonchev–Trinajstić information content (AvgIpc) is 2.98. The first-order chi connectivity index (χ1) is 20.4. The minimum Gasteiger partial charge on any atom is -0.483 e. The number of likely N-dealkylation sites (tertiary alicyclic amines) is 1. The number of benzene rings is 1. The van der Waals surface area contributed by atoms with E-state index in [9.17, 15) is 14.0 Å². The van der Waals surface area contributed by atoms with Crippen LogP contribution in [0.2, 0.25) is 0 Å². The van der Waals surface area contributed by atoms with Gasteiger partial charge >= 0.3 is 0 Å². The van der Waals surface area contributed by atoms with Crippen LogP contribution in [0.4, 0.5) is 20.4 Å². The van der Waals surface area contributed by atoms with Crippen molar-refractivity contribution in [3.63, 3.8) is 0 Å². The second kappa shape index (κ2) is 12.1. The van der Waals surface area contributed by atoms with Crippen molar-refractivity contribution in [2.24, 2.45) is 0 Å². The number of halogens is 2. The molecule has 42 heavy (non-hydrogen) atoms. The Morgan fingerprint density at radius 3 is 2.64 bits per heavy atom. The first-order valence-corrected chi connectivity index (χ1v) is 14.2. The van der Waals surface area contributed by atoms with Gasteiger partial charge < -0.3 is 24.8 Å². The summed E-state index contributed by atoms with van der Waals surface area (Å²) in [6.07, 6.45) is 2.36. The highest BCUT2D eigenvalue weighted by Crippen LogP contribution is 2.36. The molecule has 5 heterocycles. The molecule has 0 spiro atoms. The largest absolute Gasteiger partial charge is 0.483 e. The summed E-state index contributed by atoms with van der Waals surface area (Å²) in [5.74, 6) is -0.839. The maximum atomic E-state index is 14.3. The molecule has 0 radical (unpaired) electrons. The molecule has 0 amide bonds. The molecule has 3 aliphatic rings. The van der Waals surface area contributed by atoms with Gasteiger partial charge in [0.15, 0.2) is 6.10 Å². The number of methoxy groups -OCH3 is 1. The fourth-order valence-corrected chi connectivity index (χ4v) is 5.71. The Morgan fingerprint density at radius 2 is 1.93 bits per heavy atom. The van der Waals surface area contributed by atoms with Crippen molar-refractivity contribution in [1.82, 2.24) is 25.2 Å². The van der Waals surface area contributed by atoms with Crippen LogP contribution in [-0.2, 0) is 4.74 Å². The number of ether oxygens (including phenoxy) is 3. The lowest BCUT2D eigenvalue weighted by Gasteiger charge is -2.41. The van der Waals surface area contributed by atoms with Gasteiger partial charge in [-0.3, -0.25) is 4.90 Å². The van der Waals surface area contributed by atoms with Crippen molar-refractivity contribution in [3.05, 3.63) is 53.9 Å². The standard InChI is InChI=1S/C30H33F2N7O3/c1-40-29-23(19-7-10-39(11-8-19)22-15-41-16-22)3-5-27(38-29)37-28-13-24(35-18-36-28)20-2-4-25(21(12-20)14-33)42-26-6-9-34-17-30(26,31)32/h2-5,12-13,18-19,22,26,34H,6-11,15-17H2,1H3,(H,35,36,37,38). The number of hydrogen-bond donors (Lipinski definition) is 2. The Morgan fingerprint density at radius 1 is 1.10 bits per heavy atom. The fraction of sp³-hybridized carbons (Fsp3) is 0.467. The third-order valence-electron chi connectivity index (χ3n) is 8.19. The first kappa shape index (κ1) is 28.2. The lowest BCUT2D eigenvalue weighted by Crippen LogP contribution is -2.52. The molecule has 3 aliphatic heterocycles. The number of piperidine rings is 2. The van der Waals surface area contributed by atoms with Crippen LogP contribution in [0.15, 0.2) is 42.7 Å². The Hall–Kier alpha value is -3.92. The third kappa shape index (κ3) is 5.99. The summed E-state index contributed by atoms with van der Waals surface area (Å²) in [6, 6.07) is 13.1. The van der Waals surface area contributed by atoms with Gasteiger partial charge in [0.1, 0.15) is 29.8 Å². The maximum Gasteiger partial charge on any atom is 0.296 e. The van der Waals surface area contributed by atoms with Gasteiger partial charge in [-0.15, -0.1) is 0 Å². The minimum atomic E-state index is -3.02. The van der Waals surface area contributed by atoms with E-state index in [4.69, 9.17) is 19.2 Å². The number of pyridine rings is 1. The van der Waals surface area contributed by atoms with Gasteiger partial charge in [-0.05, 0) is 68.7 Å². The summed E-state index contributed by atoms with van der Waals surface area (Å²) in [6.45, 7) is 3.72. The Balaban J connectivity index is 1.15. The monoisotopic (exact) mass is 577 g/mol. The topological polar surface area (TPSA) is 117 Å². The maximum absolute atomic E-state index is 14.3. The van der Waals surface area contributed by atoms with Gasteiger partial charge in [0.25, 0.3) is 5.92 Å². The molecule has 1 unspecified atom stereocenters. The average molecular weight is 578 g/mol. The van der Waals surface area contributed by atoms with Crippen molar-refractivity contribution >= 4 is 11.6 Å². The van der Waals surface area contributed by atoms with Gasteiger partial charge in [0.2, 0.25) is 5.88 Å². The molecular formula is C30H33F2N7O3. The summed E-state index contributed by atoms with van der Waals surface area (Å²) >= 11 is 0. The number of anilines is 2. The van der Waals surface area contributed by atoms with Gasteiger partial charge in [-0.25, -0.2) is 18.7 Å². The molecule has 3 fully saturated rings. The molecule has 3 saturated heterocycles. The van der Waals surface area contributed by atoms with Crippen molar-refractivity contribution in [1.29, 1.82) is 5.26 Å². The van der Waals surface area contributed by atoms with Crippen LogP contribution in [0.1, 0.15) is 36.3 Å². The number of nitriles is 1. The molecule has 2 N–H and O–H groups in total. The third-order valence-corrected chi connectivity index (χ3v) is 8.19. The van der Waals surface area contributed by atoms with Crippen LogP contribution in [0, 0.1) is 11.3 Å². The van der Waals surface area contributed by atoms with E-state index < -0.39 is 18.6 Å². The lowest BCUT2D eigenvalue weighted by atomic mass is 9.89. The highest BCUT2D eigenvalue weighted by atomic mass is 19.3. The van der Waals surface area contributed by atoms with Gasteiger partial charge in [0.05, 0.1) is 44.2 Å². The molecular weight excluding hydrogens is 544 g/mol. The predicted molar refractivity (Wildman–Crippen MR) is 151 cm³/mol. The van der Waals surface area contributed by atoms with Gasteiger partial charge in [0, 0.05) is 23.6 Å². The number of nitrogens with one attached hydrogen (secondary N) is 2. The summed E-state index contributed by atoms with van der Waals surface area (Å²) in [7, 11) is 1.63. The molecule has 10 nitrogen and oxygen atoms in total. The number of nitrogens with zero attached hydrogens (tertiary/aromatic N) is 5. The van der Waals surface area contributed by atoms with Crippen LogP contribution in [0.3, 0.4) is 0 Å². The van der Waals surface area contributed by atoms with Crippen molar-refractivity contribution < 1.29 is 23.0 Å².